The smallest absolute Gasteiger partial charge is 0.230 e. The predicted octanol–water partition coefficient (Wildman–Crippen LogP) is 2.41. The third-order valence-electron chi connectivity index (χ3n) is 4.28. The number of carbonyl (C=O) groups excluding carboxylic acids is 1. The van der Waals surface area contributed by atoms with E-state index in [0.717, 1.165) is 38.8 Å². The molecule has 2 atom stereocenters. The molecule has 1 fully saturated rings. The van der Waals surface area contributed by atoms with Gasteiger partial charge in [-0.2, -0.15) is 0 Å². The van der Waals surface area contributed by atoms with Gasteiger partial charge in [0.15, 0.2) is 0 Å². The Labute approximate surface area is 124 Å². The number of nitrogens with zero attached hydrogens (tertiary/aromatic N) is 1. The number of hydrogen-bond acceptors (Lipinski definition) is 3. The number of likely N-dealkylation sites (N-methyl/N-ethyl adjacent to an activating group) is 1. The fraction of sp³-hybridized carbons (Fsp3) is 0.643. The second-order valence-corrected chi connectivity index (χ2v) is 6.34. The van der Waals surface area contributed by atoms with Crippen molar-refractivity contribution in [3.63, 3.8) is 0 Å². The molecule has 1 aromatic heterocycles. The Bertz CT molecular complexity index is 442. The SMILES string of the molecule is CN(C(=O)C1CCCc2sccc21)C1CCNC1.Cl. The van der Waals surface area contributed by atoms with E-state index in [0.29, 0.717) is 11.9 Å². The third kappa shape index (κ3) is 2.81. The van der Waals surface area contributed by atoms with Gasteiger partial charge in [0.25, 0.3) is 0 Å². The van der Waals surface area contributed by atoms with E-state index in [9.17, 15) is 4.79 Å². The first-order valence-corrected chi connectivity index (χ1v) is 7.69. The highest BCUT2D eigenvalue weighted by molar-refractivity contribution is 7.10. The Morgan fingerprint density at radius 2 is 2.32 bits per heavy atom. The second kappa shape index (κ2) is 6.25. The van der Waals surface area contributed by atoms with Crippen molar-refractivity contribution in [1.29, 1.82) is 0 Å². The van der Waals surface area contributed by atoms with Crippen molar-refractivity contribution in [1.82, 2.24) is 10.2 Å². The fourth-order valence-electron chi connectivity index (χ4n) is 3.14. The molecule has 1 saturated heterocycles. The molecular weight excluding hydrogens is 280 g/mol. The van der Waals surface area contributed by atoms with Gasteiger partial charge in [0.1, 0.15) is 0 Å². The van der Waals surface area contributed by atoms with Crippen LogP contribution in [0.5, 0.6) is 0 Å². The van der Waals surface area contributed by atoms with Crippen LogP contribution in [0, 0.1) is 0 Å². The van der Waals surface area contributed by atoms with Gasteiger partial charge in [0.05, 0.1) is 5.92 Å². The quantitative estimate of drug-likeness (QED) is 0.910. The highest BCUT2D eigenvalue weighted by Gasteiger charge is 2.32. The first-order chi connectivity index (χ1) is 8.77. The normalized spacial score (nSPS) is 25.5. The lowest BCUT2D eigenvalue weighted by Gasteiger charge is -2.30. The van der Waals surface area contributed by atoms with E-state index in [-0.39, 0.29) is 18.3 Å². The molecule has 1 aliphatic carbocycles. The summed E-state index contributed by atoms with van der Waals surface area (Å²) in [5.41, 5.74) is 1.30. The minimum Gasteiger partial charge on any atom is -0.341 e. The van der Waals surface area contributed by atoms with Crippen LogP contribution in [-0.4, -0.2) is 37.0 Å². The fourth-order valence-corrected chi connectivity index (χ4v) is 4.13. The molecule has 1 amide bonds. The Kier molecular flexibility index (Phi) is 4.87. The summed E-state index contributed by atoms with van der Waals surface area (Å²) in [5.74, 6) is 0.439. The number of carbonyl (C=O) groups is 1. The van der Waals surface area contributed by atoms with Crippen molar-refractivity contribution < 1.29 is 4.79 Å². The predicted molar refractivity (Wildman–Crippen MR) is 81.3 cm³/mol. The molecule has 1 aliphatic heterocycles. The molecule has 2 aliphatic rings. The van der Waals surface area contributed by atoms with Crippen LogP contribution in [0.25, 0.3) is 0 Å². The number of nitrogens with one attached hydrogen (secondary N) is 1. The molecule has 0 radical (unpaired) electrons. The van der Waals surface area contributed by atoms with Gasteiger partial charge >= 0.3 is 0 Å². The molecule has 0 spiro atoms. The summed E-state index contributed by atoms with van der Waals surface area (Å²) in [6.45, 7) is 1.99. The Morgan fingerprint density at radius 3 is 3.05 bits per heavy atom. The Hall–Kier alpha value is -0.580. The van der Waals surface area contributed by atoms with Gasteiger partial charge in [-0.05, 0) is 49.2 Å². The van der Waals surface area contributed by atoms with Gasteiger partial charge in [-0.15, -0.1) is 23.7 Å². The van der Waals surface area contributed by atoms with Crippen molar-refractivity contribution in [3.05, 3.63) is 21.9 Å². The lowest BCUT2D eigenvalue weighted by atomic mass is 9.86. The molecule has 5 heteroatoms. The number of rotatable bonds is 2. The van der Waals surface area contributed by atoms with E-state index >= 15 is 0 Å². The zero-order chi connectivity index (χ0) is 12.5. The van der Waals surface area contributed by atoms with Gasteiger partial charge in [0.2, 0.25) is 5.91 Å². The summed E-state index contributed by atoms with van der Waals surface area (Å²) in [6, 6.07) is 2.55. The average Bonchev–Trinajstić information content (AvgIpc) is 3.06. The van der Waals surface area contributed by atoms with E-state index in [1.807, 2.05) is 23.3 Å². The van der Waals surface area contributed by atoms with Crippen LogP contribution in [0.15, 0.2) is 11.4 Å². The molecule has 3 nitrogen and oxygen atoms in total. The zero-order valence-electron chi connectivity index (χ0n) is 11.2. The molecule has 0 aromatic carbocycles. The standard InChI is InChI=1S/C14H20N2OS.ClH/c1-16(10-5-7-15-9-10)14(17)12-3-2-4-13-11(12)6-8-18-13;/h6,8,10,12,15H,2-5,7,9H2,1H3;1H. The maximum Gasteiger partial charge on any atom is 0.230 e. The average molecular weight is 301 g/mol. The van der Waals surface area contributed by atoms with Crippen LogP contribution in [-0.2, 0) is 11.2 Å². The monoisotopic (exact) mass is 300 g/mol. The summed E-state index contributed by atoms with van der Waals surface area (Å²) in [5, 5.41) is 5.47. The minimum atomic E-state index is 0. The molecular formula is C14H21ClN2OS. The van der Waals surface area contributed by atoms with Crippen LogP contribution in [0.1, 0.15) is 35.6 Å². The zero-order valence-corrected chi connectivity index (χ0v) is 12.9. The van der Waals surface area contributed by atoms with Gasteiger partial charge in [-0.1, -0.05) is 0 Å². The molecule has 0 saturated carbocycles. The minimum absolute atomic E-state index is 0. The van der Waals surface area contributed by atoms with Crippen molar-refractivity contribution in [3.8, 4) is 0 Å². The molecule has 2 heterocycles. The molecule has 3 rings (SSSR count). The maximum absolute atomic E-state index is 12.6. The van der Waals surface area contributed by atoms with Gasteiger partial charge in [-0.3, -0.25) is 4.79 Å². The van der Waals surface area contributed by atoms with Crippen LogP contribution < -0.4 is 5.32 Å². The van der Waals surface area contributed by atoms with E-state index in [1.165, 1.54) is 10.4 Å². The first kappa shape index (κ1) is 14.8. The molecule has 2 unspecified atom stereocenters. The molecule has 106 valence electrons. The highest BCUT2D eigenvalue weighted by Crippen LogP contribution is 2.36. The number of hydrogen-bond donors (Lipinski definition) is 1. The topological polar surface area (TPSA) is 32.3 Å². The van der Waals surface area contributed by atoms with Gasteiger partial charge in [0, 0.05) is 24.5 Å². The molecule has 0 bridgehead atoms. The number of amides is 1. The Balaban J connectivity index is 0.00000133. The van der Waals surface area contributed by atoms with Crippen LogP contribution in [0.2, 0.25) is 0 Å². The van der Waals surface area contributed by atoms with Crippen molar-refractivity contribution in [2.24, 2.45) is 0 Å². The van der Waals surface area contributed by atoms with Gasteiger partial charge in [-0.25, -0.2) is 0 Å². The first-order valence-electron chi connectivity index (χ1n) is 6.81. The molecule has 1 N–H and O–H groups in total. The summed E-state index contributed by atoms with van der Waals surface area (Å²) >= 11 is 1.81. The Morgan fingerprint density at radius 1 is 1.47 bits per heavy atom. The van der Waals surface area contributed by atoms with Gasteiger partial charge < -0.3 is 10.2 Å². The van der Waals surface area contributed by atoms with Crippen molar-refractivity contribution in [2.75, 3.05) is 20.1 Å². The van der Waals surface area contributed by atoms with E-state index in [2.05, 4.69) is 16.8 Å². The number of fused-ring (bicyclic) bond motifs is 1. The summed E-state index contributed by atoms with van der Waals surface area (Å²) in [4.78, 5) is 16.1. The van der Waals surface area contributed by atoms with E-state index in [1.54, 1.807) is 0 Å². The van der Waals surface area contributed by atoms with Crippen LogP contribution in [0.4, 0.5) is 0 Å². The van der Waals surface area contributed by atoms with Crippen LogP contribution >= 0.6 is 23.7 Å². The van der Waals surface area contributed by atoms with Crippen LogP contribution in [0.3, 0.4) is 0 Å². The summed E-state index contributed by atoms with van der Waals surface area (Å²) in [6.07, 6.45) is 4.42. The molecule has 19 heavy (non-hydrogen) atoms. The largest absolute Gasteiger partial charge is 0.341 e. The molecule has 1 aromatic rings. The van der Waals surface area contributed by atoms with E-state index in [4.69, 9.17) is 0 Å². The lowest BCUT2D eigenvalue weighted by Crippen LogP contribution is -2.41. The number of aryl methyl sites for hydroxylation is 1. The number of thiophene rings is 1. The van der Waals surface area contributed by atoms with Crippen molar-refractivity contribution >= 4 is 29.7 Å². The summed E-state index contributed by atoms with van der Waals surface area (Å²) in [7, 11) is 1.97. The maximum atomic E-state index is 12.6. The number of halogens is 1. The third-order valence-corrected chi connectivity index (χ3v) is 5.28. The van der Waals surface area contributed by atoms with E-state index < -0.39 is 0 Å². The lowest BCUT2D eigenvalue weighted by molar-refractivity contribution is -0.133. The summed E-state index contributed by atoms with van der Waals surface area (Å²) < 4.78 is 0. The highest BCUT2D eigenvalue weighted by atomic mass is 35.5. The van der Waals surface area contributed by atoms with Crippen molar-refractivity contribution in [2.45, 2.75) is 37.6 Å². The second-order valence-electron chi connectivity index (χ2n) is 5.34.